The number of hydrogen-bond donors (Lipinski definition) is 0. The number of carbonyl (C=O) groups excluding carboxylic acids is 1. The fourth-order valence-electron chi connectivity index (χ4n) is 3.47. The van der Waals surface area contributed by atoms with E-state index in [2.05, 4.69) is 0 Å². The largest absolute Gasteiger partial charge is 0.491 e. The Balaban J connectivity index is 1.77. The molecule has 0 radical (unpaired) electrons. The zero-order chi connectivity index (χ0) is 23.4. The summed E-state index contributed by atoms with van der Waals surface area (Å²) in [5, 5.41) is 4.72. The zero-order valence-corrected chi connectivity index (χ0v) is 20.1. The van der Waals surface area contributed by atoms with Crippen LogP contribution in [0.3, 0.4) is 0 Å². The number of rotatable bonds is 8. The molecule has 4 rings (SSSR count). The summed E-state index contributed by atoms with van der Waals surface area (Å²) in [6.45, 7) is 5.01. The number of benzene rings is 2. The number of nitrogens with zero attached hydrogens (tertiary/aromatic N) is 3. The van der Waals surface area contributed by atoms with E-state index < -0.39 is 5.82 Å². The van der Waals surface area contributed by atoms with Crippen molar-refractivity contribution in [3.05, 3.63) is 71.0 Å². The maximum Gasteiger partial charge on any atom is 0.266 e. The molecule has 1 aromatic heterocycles. The van der Waals surface area contributed by atoms with Crippen LogP contribution < -0.4 is 4.74 Å². The SMILES string of the molecule is CCCOc1ccc(-c2nn(-c3ccccc3)cc2/C=C2\SC(=S)N(CCC)C2=O)cc1F. The summed E-state index contributed by atoms with van der Waals surface area (Å²) < 4.78 is 22.5. The number of amides is 1. The van der Waals surface area contributed by atoms with Gasteiger partial charge in [-0.05, 0) is 49.2 Å². The summed E-state index contributed by atoms with van der Waals surface area (Å²) in [5.41, 5.74) is 2.74. The van der Waals surface area contributed by atoms with Gasteiger partial charge < -0.3 is 4.74 Å². The Morgan fingerprint density at radius 1 is 1.15 bits per heavy atom. The smallest absolute Gasteiger partial charge is 0.266 e. The van der Waals surface area contributed by atoms with Gasteiger partial charge in [0.05, 0.1) is 17.2 Å². The molecule has 0 unspecified atom stereocenters. The monoisotopic (exact) mass is 481 g/mol. The van der Waals surface area contributed by atoms with Crippen LogP contribution in [0.4, 0.5) is 4.39 Å². The molecule has 33 heavy (non-hydrogen) atoms. The molecular formula is C25H24FN3O2S2. The van der Waals surface area contributed by atoms with Crippen LogP contribution in [0.1, 0.15) is 32.3 Å². The van der Waals surface area contributed by atoms with Crippen LogP contribution >= 0.6 is 24.0 Å². The summed E-state index contributed by atoms with van der Waals surface area (Å²) in [6.07, 6.45) is 5.25. The third-order valence-corrected chi connectivity index (χ3v) is 6.42. The number of thioether (sulfide) groups is 1. The lowest BCUT2D eigenvalue weighted by Crippen LogP contribution is -2.28. The number of halogens is 1. The topological polar surface area (TPSA) is 47.4 Å². The first-order valence-corrected chi connectivity index (χ1v) is 12.1. The summed E-state index contributed by atoms with van der Waals surface area (Å²) in [4.78, 5) is 15.0. The van der Waals surface area contributed by atoms with Crippen molar-refractivity contribution in [3.63, 3.8) is 0 Å². The van der Waals surface area contributed by atoms with E-state index in [9.17, 15) is 9.18 Å². The molecule has 0 spiro atoms. The Morgan fingerprint density at radius 2 is 1.94 bits per heavy atom. The maximum absolute atomic E-state index is 14.7. The lowest BCUT2D eigenvalue weighted by Gasteiger charge is -2.11. The number of hydrogen-bond acceptors (Lipinski definition) is 5. The molecular weight excluding hydrogens is 457 g/mol. The predicted octanol–water partition coefficient (Wildman–Crippen LogP) is 6.08. The van der Waals surface area contributed by atoms with Gasteiger partial charge in [0.25, 0.3) is 5.91 Å². The van der Waals surface area contributed by atoms with Gasteiger partial charge in [-0.25, -0.2) is 9.07 Å². The second-order valence-electron chi connectivity index (χ2n) is 7.54. The minimum atomic E-state index is -0.449. The van der Waals surface area contributed by atoms with Crippen molar-refractivity contribution < 1.29 is 13.9 Å². The molecule has 170 valence electrons. The summed E-state index contributed by atoms with van der Waals surface area (Å²) >= 11 is 6.67. The van der Waals surface area contributed by atoms with Gasteiger partial charge in [-0.2, -0.15) is 5.10 Å². The molecule has 0 atom stereocenters. The standard InChI is InChI=1S/C25H24FN3O2S2/c1-3-12-28-24(30)22(33-25(28)32)15-18-16-29(19-8-6-5-7-9-19)27-23(18)17-10-11-21(20(26)14-17)31-13-4-2/h5-11,14-16H,3-4,12-13H2,1-2H3/b22-15-. The van der Waals surface area contributed by atoms with Crippen LogP contribution in [-0.2, 0) is 4.79 Å². The molecule has 3 aromatic rings. The van der Waals surface area contributed by atoms with Crippen molar-refractivity contribution in [1.82, 2.24) is 14.7 Å². The third kappa shape index (κ3) is 5.02. The highest BCUT2D eigenvalue weighted by molar-refractivity contribution is 8.26. The first kappa shape index (κ1) is 23.2. The van der Waals surface area contributed by atoms with Gasteiger partial charge in [-0.1, -0.05) is 56.0 Å². The fraction of sp³-hybridized carbons (Fsp3) is 0.240. The number of para-hydroxylation sites is 1. The number of thiocarbonyl (C=S) groups is 1. The average Bonchev–Trinajstić information content (AvgIpc) is 3.36. The van der Waals surface area contributed by atoms with E-state index in [4.69, 9.17) is 22.1 Å². The van der Waals surface area contributed by atoms with Gasteiger partial charge in [0, 0.05) is 23.9 Å². The number of ether oxygens (including phenoxy) is 1. The Bertz CT molecular complexity index is 1210. The lowest BCUT2D eigenvalue weighted by molar-refractivity contribution is -0.122. The molecule has 1 amide bonds. The highest BCUT2D eigenvalue weighted by Crippen LogP contribution is 2.35. The van der Waals surface area contributed by atoms with E-state index in [1.165, 1.54) is 17.8 Å². The first-order valence-electron chi connectivity index (χ1n) is 10.8. The fourth-order valence-corrected chi connectivity index (χ4v) is 4.76. The van der Waals surface area contributed by atoms with Gasteiger partial charge in [0.15, 0.2) is 11.6 Å². The van der Waals surface area contributed by atoms with Crippen molar-refractivity contribution in [1.29, 1.82) is 0 Å². The van der Waals surface area contributed by atoms with Crippen molar-refractivity contribution in [3.8, 4) is 22.7 Å². The molecule has 1 aliphatic rings. The zero-order valence-electron chi connectivity index (χ0n) is 18.5. The number of carbonyl (C=O) groups is 1. The molecule has 8 heteroatoms. The maximum atomic E-state index is 14.7. The second kappa shape index (κ2) is 10.3. The minimum Gasteiger partial charge on any atom is -0.491 e. The summed E-state index contributed by atoms with van der Waals surface area (Å²) in [7, 11) is 0. The molecule has 5 nitrogen and oxygen atoms in total. The van der Waals surface area contributed by atoms with Crippen LogP contribution in [0.5, 0.6) is 5.75 Å². The van der Waals surface area contributed by atoms with E-state index in [-0.39, 0.29) is 11.7 Å². The van der Waals surface area contributed by atoms with E-state index in [1.807, 2.05) is 50.4 Å². The Morgan fingerprint density at radius 3 is 2.64 bits per heavy atom. The van der Waals surface area contributed by atoms with Crippen molar-refractivity contribution in [2.45, 2.75) is 26.7 Å². The third-order valence-electron chi connectivity index (χ3n) is 5.04. The quantitative estimate of drug-likeness (QED) is 0.288. The molecule has 1 fully saturated rings. The van der Waals surface area contributed by atoms with E-state index in [0.717, 1.165) is 18.5 Å². The Hall–Kier alpha value is -2.97. The van der Waals surface area contributed by atoms with Crippen molar-refractivity contribution >= 4 is 40.3 Å². The summed E-state index contributed by atoms with van der Waals surface area (Å²) in [6, 6.07) is 14.5. The molecule has 0 saturated carbocycles. The van der Waals surface area contributed by atoms with E-state index in [0.29, 0.717) is 39.2 Å². The number of aromatic nitrogens is 2. The highest BCUT2D eigenvalue weighted by Gasteiger charge is 2.31. The van der Waals surface area contributed by atoms with Crippen LogP contribution in [-0.4, -0.2) is 38.1 Å². The molecule has 0 N–H and O–H groups in total. The molecule has 2 heterocycles. The Kier molecular flexibility index (Phi) is 7.25. The van der Waals surface area contributed by atoms with Crippen molar-refractivity contribution in [2.75, 3.05) is 13.2 Å². The van der Waals surface area contributed by atoms with Gasteiger partial charge in [-0.15, -0.1) is 0 Å². The van der Waals surface area contributed by atoms with Crippen LogP contribution in [0.2, 0.25) is 0 Å². The average molecular weight is 482 g/mol. The van der Waals surface area contributed by atoms with E-state index in [1.54, 1.807) is 27.8 Å². The minimum absolute atomic E-state index is 0.111. The predicted molar refractivity (Wildman–Crippen MR) is 135 cm³/mol. The summed E-state index contributed by atoms with van der Waals surface area (Å²) in [5.74, 6) is -0.347. The first-order chi connectivity index (χ1) is 16.0. The van der Waals surface area contributed by atoms with Gasteiger partial charge in [-0.3, -0.25) is 9.69 Å². The van der Waals surface area contributed by atoms with Crippen LogP contribution in [0, 0.1) is 5.82 Å². The van der Waals surface area contributed by atoms with Gasteiger partial charge >= 0.3 is 0 Å². The lowest BCUT2D eigenvalue weighted by atomic mass is 10.1. The van der Waals surface area contributed by atoms with Crippen molar-refractivity contribution in [2.24, 2.45) is 0 Å². The normalized spacial score (nSPS) is 15.0. The molecule has 0 aliphatic carbocycles. The molecule has 1 saturated heterocycles. The molecule has 0 bridgehead atoms. The highest BCUT2D eigenvalue weighted by atomic mass is 32.2. The Labute approximate surface area is 202 Å². The molecule has 1 aliphatic heterocycles. The van der Waals surface area contributed by atoms with Crippen LogP contribution in [0.25, 0.3) is 23.0 Å². The van der Waals surface area contributed by atoms with Gasteiger partial charge in [0.1, 0.15) is 10.0 Å². The van der Waals surface area contributed by atoms with E-state index >= 15 is 0 Å². The van der Waals surface area contributed by atoms with Gasteiger partial charge in [0.2, 0.25) is 0 Å². The second-order valence-corrected chi connectivity index (χ2v) is 9.22. The molecule has 2 aromatic carbocycles. The van der Waals surface area contributed by atoms with Crippen LogP contribution in [0.15, 0.2) is 59.6 Å².